The summed E-state index contributed by atoms with van der Waals surface area (Å²) in [5, 5.41) is 10.7. The number of hydrogen-bond acceptors (Lipinski definition) is 5. The van der Waals surface area contributed by atoms with Crippen LogP contribution in [0.25, 0.3) is 0 Å². The minimum absolute atomic E-state index is 0.0477. The van der Waals surface area contributed by atoms with Crippen LogP contribution in [0.2, 0.25) is 0 Å². The molecule has 0 bridgehead atoms. The van der Waals surface area contributed by atoms with Crippen LogP contribution in [-0.4, -0.2) is 18.0 Å². The summed E-state index contributed by atoms with van der Waals surface area (Å²) in [6.45, 7) is 0. The lowest BCUT2D eigenvalue weighted by atomic mass is 10.2. The molecule has 1 N–H and O–H groups in total. The Kier molecular flexibility index (Phi) is 5.28. The third kappa shape index (κ3) is 4.07. The molecule has 0 unspecified atom stereocenters. The fourth-order valence-corrected chi connectivity index (χ4v) is 2.20. The standard InChI is InChI=1S/C19H15FN4O2/c1-26-17-12-13(23-24-18-8-4-5-11-21-18)9-10-16(17)22-19(25)14-6-2-3-7-15(14)20/h2-12H,1H3,(H,22,25). The van der Waals surface area contributed by atoms with Crippen molar-refractivity contribution >= 4 is 23.1 Å². The Bertz CT molecular complexity index is 945. The van der Waals surface area contributed by atoms with Gasteiger partial charge in [-0.1, -0.05) is 18.2 Å². The van der Waals surface area contributed by atoms with Crippen LogP contribution in [0.3, 0.4) is 0 Å². The molecule has 0 aliphatic heterocycles. The van der Waals surface area contributed by atoms with Crippen LogP contribution in [0.15, 0.2) is 77.1 Å². The number of carbonyl (C=O) groups is 1. The lowest BCUT2D eigenvalue weighted by molar-refractivity contribution is 0.102. The minimum atomic E-state index is -0.593. The number of ether oxygens (including phenoxy) is 1. The SMILES string of the molecule is COc1cc(N=Nc2ccccn2)ccc1NC(=O)c1ccccc1F. The topological polar surface area (TPSA) is 75.9 Å². The number of azo groups is 1. The van der Waals surface area contributed by atoms with Crippen molar-refractivity contribution in [2.45, 2.75) is 0 Å². The molecule has 3 rings (SSSR count). The van der Waals surface area contributed by atoms with Gasteiger partial charge in [0.1, 0.15) is 11.6 Å². The zero-order valence-electron chi connectivity index (χ0n) is 13.9. The number of hydrogen-bond donors (Lipinski definition) is 1. The van der Waals surface area contributed by atoms with Crippen molar-refractivity contribution in [3.63, 3.8) is 0 Å². The largest absolute Gasteiger partial charge is 0.494 e. The molecule has 0 aliphatic rings. The van der Waals surface area contributed by atoms with Crippen LogP contribution in [-0.2, 0) is 0 Å². The molecule has 3 aromatic rings. The Hall–Kier alpha value is -3.61. The number of aromatic nitrogens is 1. The molecule has 0 atom stereocenters. The van der Waals surface area contributed by atoms with Gasteiger partial charge in [0.25, 0.3) is 5.91 Å². The molecule has 0 radical (unpaired) electrons. The number of benzene rings is 2. The van der Waals surface area contributed by atoms with E-state index in [0.29, 0.717) is 22.9 Å². The number of carbonyl (C=O) groups excluding carboxylic acids is 1. The van der Waals surface area contributed by atoms with E-state index < -0.39 is 11.7 Å². The van der Waals surface area contributed by atoms with Gasteiger partial charge >= 0.3 is 0 Å². The Balaban J connectivity index is 1.80. The third-order valence-corrected chi connectivity index (χ3v) is 3.47. The van der Waals surface area contributed by atoms with E-state index in [1.165, 1.54) is 25.3 Å². The van der Waals surface area contributed by atoms with Crippen LogP contribution in [0.5, 0.6) is 5.75 Å². The number of nitrogens with zero attached hydrogens (tertiary/aromatic N) is 3. The number of nitrogens with one attached hydrogen (secondary N) is 1. The van der Waals surface area contributed by atoms with Crippen LogP contribution >= 0.6 is 0 Å². The number of halogens is 1. The van der Waals surface area contributed by atoms with Gasteiger partial charge in [-0.25, -0.2) is 9.37 Å². The van der Waals surface area contributed by atoms with Gasteiger partial charge in [0.05, 0.1) is 24.0 Å². The molecule has 6 nitrogen and oxygen atoms in total. The van der Waals surface area contributed by atoms with Crippen molar-refractivity contribution in [1.29, 1.82) is 0 Å². The predicted octanol–water partition coefficient (Wildman–Crippen LogP) is 4.90. The molecule has 26 heavy (non-hydrogen) atoms. The average molecular weight is 350 g/mol. The van der Waals surface area contributed by atoms with Gasteiger partial charge in [0.15, 0.2) is 5.82 Å². The lowest BCUT2D eigenvalue weighted by Crippen LogP contribution is -2.14. The van der Waals surface area contributed by atoms with Crippen LogP contribution < -0.4 is 10.1 Å². The molecule has 0 saturated carbocycles. The van der Waals surface area contributed by atoms with E-state index in [4.69, 9.17) is 4.74 Å². The van der Waals surface area contributed by atoms with Gasteiger partial charge in [0.2, 0.25) is 0 Å². The highest BCUT2D eigenvalue weighted by Gasteiger charge is 2.13. The molecule has 1 aromatic heterocycles. The molecular weight excluding hydrogens is 335 g/mol. The van der Waals surface area contributed by atoms with Gasteiger partial charge in [-0.15, -0.1) is 10.2 Å². The number of amides is 1. The first-order valence-corrected chi connectivity index (χ1v) is 7.74. The first-order chi connectivity index (χ1) is 12.7. The average Bonchev–Trinajstić information content (AvgIpc) is 2.68. The van der Waals surface area contributed by atoms with E-state index >= 15 is 0 Å². The Morgan fingerprint density at radius 2 is 1.88 bits per heavy atom. The highest BCUT2D eigenvalue weighted by atomic mass is 19.1. The molecule has 7 heteroatoms. The zero-order chi connectivity index (χ0) is 18.4. The van der Waals surface area contributed by atoms with Crippen molar-refractivity contribution in [3.05, 3.63) is 78.2 Å². The van der Waals surface area contributed by atoms with Crippen LogP contribution in [0.4, 0.5) is 21.6 Å². The van der Waals surface area contributed by atoms with Crippen molar-refractivity contribution in [3.8, 4) is 5.75 Å². The minimum Gasteiger partial charge on any atom is -0.494 e. The molecule has 130 valence electrons. The molecule has 0 spiro atoms. The van der Waals surface area contributed by atoms with E-state index in [1.54, 1.807) is 42.6 Å². The zero-order valence-corrected chi connectivity index (χ0v) is 13.9. The van der Waals surface area contributed by atoms with Gasteiger partial charge < -0.3 is 10.1 Å². The predicted molar refractivity (Wildman–Crippen MR) is 95.8 cm³/mol. The summed E-state index contributed by atoms with van der Waals surface area (Å²) in [4.78, 5) is 16.3. The van der Waals surface area contributed by atoms with Gasteiger partial charge in [-0.05, 0) is 36.4 Å². The molecule has 2 aromatic carbocycles. The number of pyridine rings is 1. The van der Waals surface area contributed by atoms with E-state index in [1.807, 2.05) is 6.07 Å². The maximum absolute atomic E-state index is 13.7. The highest BCUT2D eigenvalue weighted by molar-refractivity contribution is 6.05. The highest BCUT2D eigenvalue weighted by Crippen LogP contribution is 2.30. The summed E-state index contributed by atoms with van der Waals surface area (Å²) in [6.07, 6.45) is 1.62. The Morgan fingerprint density at radius 1 is 1.08 bits per heavy atom. The van der Waals surface area contributed by atoms with E-state index in [9.17, 15) is 9.18 Å². The second-order valence-electron chi connectivity index (χ2n) is 5.21. The summed E-state index contributed by atoms with van der Waals surface area (Å²) >= 11 is 0. The number of methoxy groups -OCH3 is 1. The maximum atomic E-state index is 13.7. The molecule has 1 amide bonds. The summed E-state index contributed by atoms with van der Waals surface area (Å²) in [6, 6.07) is 16.0. The fraction of sp³-hybridized carbons (Fsp3) is 0.0526. The Morgan fingerprint density at radius 3 is 2.62 bits per heavy atom. The molecule has 0 aliphatic carbocycles. The summed E-state index contributed by atoms with van der Waals surface area (Å²) in [5.74, 6) is -0.301. The van der Waals surface area contributed by atoms with Crippen LogP contribution in [0.1, 0.15) is 10.4 Å². The van der Waals surface area contributed by atoms with Gasteiger partial charge in [0, 0.05) is 12.3 Å². The monoisotopic (exact) mass is 350 g/mol. The summed E-state index contributed by atoms with van der Waals surface area (Å²) < 4.78 is 19.0. The summed E-state index contributed by atoms with van der Waals surface area (Å²) in [5.41, 5.74) is 0.877. The molecular formula is C19H15FN4O2. The quantitative estimate of drug-likeness (QED) is 0.665. The van der Waals surface area contributed by atoms with Crippen molar-refractivity contribution < 1.29 is 13.9 Å². The summed E-state index contributed by atoms with van der Waals surface area (Å²) in [7, 11) is 1.47. The first-order valence-electron chi connectivity index (χ1n) is 7.74. The van der Waals surface area contributed by atoms with E-state index in [-0.39, 0.29) is 5.56 Å². The lowest BCUT2D eigenvalue weighted by Gasteiger charge is -2.11. The second-order valence-corrected chi connectivity index (χ2v) is 5.21. The van der Waals surface area contributed by atoms with Gasteiger partial charge in [-0.3, -0.25) is 4.79 Å². The first kappa shape index (κ1) is 17.2. The Labute approximate surface area is 149 Å². The van der Waals surface area contributed by atoms with Crippen LogP contribution in [0, 0.1) is 5.82 Å². The second kappa shape index (κ2) is 7.98. The van der Waals surface area contributed by atoms with E-state index in [0.717, 1.165) is 0 Å². The van der Waals surface area contributed by atoms with Crippen molar-refractivity contribution in [2.24, 2.45) is 10.2 Å². The normalized spacial score (nSPS) is 10.7. The van der Waals surface area contributed by atoms with Gasteiger partial charge in [-0.2, -0.15) is 0 Å². The van der Waals surface area contributed by atoms with Crippen molar-refractivity contribution in [1.82, 2.24) is 4.98 Å². The fourth-order valence-electron chi connectivity index (χ4n) is 2.20. The number of rotatable bonds is 5. The van der Waals surface area contributed by atoms with Crippen molar-refractivity contribution in [2.75, 3.05) is 12.4 Å². The maximum Gasteiger partial charge on any atom is 0.258 e. The smallest absolute Gasteiger partial charge is 0.258 e. The van der Waals surface area contributed by atoms with E-state index in [2.05, 4.69) is 20.5 Å². The molecule has 0 saturated heterocycles. The molecule has 1 heterocycles. The number of anilines is 1. The molecule has 0 fully saturated rings. The third-order valence-electron chi connectivity index (χ3n) is 3.47.